The highest BCUT2D eigenvalue weighted by molar-refractivity contribution is 5.95. The average molecular weight is 433 g/mol. The third-order valence-corrected chi connectivity index (χ3v) is 5.61. The first kappa shape index (κ1) is 20.3. The zero-order valence-electron chi connectivity index (χ0n) is 17.6. The molecule has 9 nitrogen and oxygen atoms in total. The van der Waals surface area contributed by atoms with Crippen molar-refractivity contribution in [1.29, 1.82) is 0 Å². The van der Waals surface area contributed by atoms with Crippen molar-refractivity contribution in [1.82, 2.24) is 25.3 Å². The minimum Gasteiger partial charge on any atom is -0.462 e. The Morgan fingerprint density at radius 2 is 2.12 bits per heavy atom. The topological polar surface area (TPSA) is 115 Å². The number of hydrogen-bond donors (Lipinski definition) is 2. The van der Waals surface area contributed by atoms with Gasteiger partial charge in [-0.1, -0.05) is 29.5 Å². The van der Waals surface area contributed by atoms with Crippen LogP contribution in [-0.4, -0.2) is 56.4 Å². The molecule has 3 aromatic heterocycles. The number of carbonyl (C=O) groups is 1. The molecular formula is C23H23N5O4. The molecule has 4 heterocycles. The molecule has 5 rings (SSSR count). The number of benzene rings is 1. The Balaban J connectivity index is 1.39. The summed E-state index contributed by atoms with van der Waals surface area (Å²) in [5.41, 5.74) is 5.30. The maximum absolute atomic E-state index is 12.9. The summed E-state index contributed by atoms with van der Waals surface area (Å²) >= 11 is 0. The lowest BCUT2D eigenvalue weighted by Crippen LogP contribution is -2.48. The van der Waals surface area contributed by atoms with Crippen LogP contribution in [0.4, 0.5) is 0 Å². The van der Waals surface area contributed by atoms with E-state index in [9.17, 15) is 9.90 Å². The predicted molar refractivity (Wildman–Crippen MR) is 116 cm³/mol. The number of ether oxygens (including phenoxy) is 1. The molecule has 1 amide bonds. The zero-order valence-corrected chi connectivity index (χ0v) is 17.6. The van der Waals surface area contributed by atoms with Crippen molar-refractivity contribution >= 4 is 17.0 Å². The molecule has 0 saturated carbocycles. The second kappa shape index (κ2) is 8.52. The largest absolute Gasteiger partial charge is 0.462 e. The fourth-order valence-corrected chi connectivity index (χ4v) is 3.90. The first-order chi connectivity index (χ1) is 15.6. The van der Waals surface area contributed by atoms with Crippen molar-refractivity contribution in [2.24, 2.45) is 7.05 Å². The van der Waals surface area contributed by atoms with Gasteiger partial charge in [-0.3, -0.25) is 9.48 Å². The number of pyridine rings is 1. The van der Waals surface area contributed by atoms with Crippen LogP contribution in [-0.2, 0) is 18.2 Å². The number of amides is 1. The highest BCUT2D eigenvalue weighted by Crippen LogP contribution is 2.24. The molecular weight excluding hydrogens is 410 g/mol. The number of fused-ring (bicyclic) bond motifs is 1. The van der Waals surface area contributed by atoms with Gasteiger partial charge in [0.1, 0.15) is 16.9 Å². The van der Waals surface area contributed by atoms with Gasteiger partial charge in [-0.2, -0.15) is 0 Å². The number of aliphatic hydroxyl groups excluding tert-OH is 1. The molecule has 2 atom stereocenters. The summed E-state index contributed by atoms with van der Waals surface area (Å²) in [6.07, 6.45) is 3.85. The van der Waals surface area contributed by atoms with Crippen LogP contribution in [0.5, 0.6) is 0 Å². The van der Waals surface area contributed by atoms with Crippen molar-refractivity contribution in [3.63, 3.8) is 0 Å². The number of hydrogen-bond acceptors (Lipinski definition) is 7. The molecule has 2 unspecified atom stereocenters. The third-order valence-electron chi connectivity index (χ3n) is 5.61. The summed E-state index contributed by atoms with van der Waals surface area (Å²) in [5, 5.41) is 21.1. The van der Waals surface area contributed by atoms with E-state index >= 15 is 0 Å². The predicted octanol–water partition coefficient (Wildman–Crippen LogP) is 2.09. The summed E-state index contributed by atoms with van der Waals surface area (Å²) in [4.78, 5) is 17.3. The van der Waals surface area contributed by atoms with Gasteiger partial charge in [0.05, 0.1) is 31.2 Å². The van der Waals surface area contributed by atoms with E-state index in [1.807, 2.05) is 37.5 Å². The second-order valence-electron chi connectivity index (χ2n) is 7.96. The number of aliphatic hydroxyl groups is 1. The highest BCUT2D eigenvalue weighted by Gasteiger charge is 2.26. The van der Waals surface area contributed by atoms with Gasteiger partial charge in [0.25, 0.3) is 5.91 Å². The lowest BCUT2D eigenvalue weighted by molar-refractivity contribution is -0.0261. The van der Waals surface area contributed by atoms with Crippen molar-refractivity contribution in [3.05, 3.63) is 65.7 Å². The Hall–Kier alpha value is -3.56. The Kier molecular flexibility index (Phi) is 5.42. The van der Waals surface area contributed by atoms with E-state index in [1.165, 1.54) is 0 Å². The maximum atomic E-state index is 12.9. The fraction of sp³-hybridized carbons (Fsp3) is 0.304. The summed E-state index contributed by atoms with van der Waals surface area (Å²) in [6, 6.07) is 11.2. The monoisotopic (exact) mass is 433 g/mol. The smallest absolute Gasteiger partial charge is 0.270 e. The quantitative estimate of drug-likeness (QED) is 0.495. The van der Waals surface area contributed by atoms with Gasteiger partial charge in [0.15, 0.2) is 5.58 Å². The zero-order chi connectivity index (χ0) is 22.1. The molecule has 32 heavy (non-hydrogen) atoms. The second-order valence-corrected chi connectivity index (χ2v) is 7.96. The standard InChI is InChI=1S/C23H23N5O4/c1-28-12-20(26-27-28)15-4-2-14(3-5-15)10-16-11-19(24-18-7-9-32-22(16)18)23(30)25-17-6-8-31-13-21(17)29/h2-5,7,9,11-12,17,21,29H,6,8,10,13H2,1H3,(H,25,30). The van der Waals surface area contributed by atoms with Crippen molar-refractivity contribution < 1.29 is 19.1 Å². The molecule has 1 aromatic carbocycles. The van der Waals surface area contributed by atoms with E-state index < -0.39 is 6.10 Å². The van der Waals surface area contributed by atoms with E-state index in [2.05, 4.69) is 20.6 Å². The number of carbonyl (C=O) groups excluding carboxylic acids is 1. The van der Waals surface area contributed by atoms with Gasteiger partial charge in [0, 0.05) is 37.3 Å². The molecule has 0 aliphatic carbocycles. The van der Waals surface area contributed by atoms with Gasteiger partial charge < -0.3 is 19.6 Å². The van der Waals surface area contributed by atoms with Crippen LogP contribution in [0.25, 0.3) is 22.4 Å². The molecule has 1 aliphatic rings. The Morgan fingerprint density at radius 1 is 1.28 bits per heavy atom. The third kappa shape index (κ3) is 4.12. The summed E-state index contributed by atoms with van der Waals surface area (Å²) < 4.78 is 12.5. The van der Waals surface area contributed by atoms with Gasteiger partial charge in [-0.25, -0.2) is 4.98 Å². The van der Waals surface area contributed by atoms with Crippen molar-refractivity contribution in [2.75, 3.05) is 13.2 Å². The van der Waals surface area contributed by atoms with Crippen LogP contribution in [0, 0.1) is 0 Å². The van der Waals surface area contributed by atoms with Gasteiger partial charge in [-0.05, 0) is 18.1 Å². The number of nitrogens with one attached hydrogen (secondary N) is 1. The maximum Gasteiger partial charge on any atom is 0.270 e. The van der Waals surface area contributed by atoms with E-state index in [0.29, 0.717) is 36.2 Å². The molecule has 164 valence electrons. The number of aryl methyl sites for hydroxylation is 1. The molecule has 1 saturated heterocycles. The van der Waals surface area contributed by atoms with Gasteiger partial charge in [-0.15, -0.1) is 5.10 Å². The molecule has 1 fully saturated rings. The summed E-state index contributed by atoms with van der Waals surface area (Å²) in [6.45, 7) is 0.723. The molecule has 2 N–H and O–H groups in total. The van der Waals surface area contributed by atoms with Gasteiger partial charge in [0.2, 0.25) is 0 Å². The van der Waals surface area contributed by atoms with Gasteiger partial charge >= 0.3 is 0 Å². The lowest BCUT2D eigenvalue weighted by atomic mass is 10.0. The summed E-state index contributed by atoms with van der Waals surface area (Å²) in [5.74, 6) is -0.321. The van der Waals surface area contributed by atoms with E-state index in [1.54, 1.807) is 23.1 Å². The first-order valence-corrected chi connectivity index (χ1v) is 10.5. The molecule has 0 spiro atoms. The Bertz CT molecular complexity index is 1250. The number of rotatable bonds is 5. The van der Waals surface area contributed by atoms with Crippen molar-refractivity contribution in [3.8, 4) is 11.3 Å². The first-order valence-electron chi connectivity index (χ1n) is 10.5. The van der Waals surface area contributed by atoms with Crippen LogP contribution in [0.2, 0.25) is 0 Å². The molecule has 9 heteroatoms. The SMILES string of the molecule is Cn1cc(-c2ccc(Cc3cc(C(=O)NC4CCOCC4O)nc4ccoc34)cc2)nn1. The molecule has 4 aromatic rings. The molecule has 0 radical (unpaired) electrons. The fourth-order valence-electron chi connectivity index (χ4n) is 3.90. The van der Waals surface area contributed by atoms with E-state index in [4.69, 9.17) is 9.15 Å². The van der Waals surface area contributed by atoms with Crippen LogP contribution in [0.15, 0.2) is 53.3 Å². The number of nitrogens with zero attached hydrogens (tertiary/aromatic N) is 4. The summed E-state index contributed by atoms with van der Waals surface area (Å²) in [7, 11) is 1.83. The van der Waals surface area contributed by atoms with Crippen LogP contribution >= 0.6 is 0 Å². The Labute approximate surface area is 184 Å². The van der Waals surface area contributed by atoms with Crippen molar-refractivity contribution in [2.45, 2.75) is 25.0 Å². The van der Waals surface area contributed by atoms with Crippen LogP contribution in [0.3, 0.4) is 0 Å². The minimum atomic E-state index is -0.724. The Morgan fingerprint density at radius 3 is 2.88 bits per heavy atom. The minimum absolute atomic E-state index is 0.217. The normalized spacial score (nSPS) is 18.7. The number of furan rings is 1. The van der Waals surface area contributed by atoms with Crippen LogP contribution < -0.4 is 5.32 Å². The highest BCUT2D eigenvalue weighted by atomic mass is 16.5. The molecule has 0 bridgehead atoms. The number of aromatic nitrogens is 4. The molecule has 1 aliphatic heterocycles. The van der Waals surface area contributed by atoms with E-state index in [0.717, 1.165) is 22.4 Å². The van der Waals surface area contributed by atoms with E-state index in [-0.39, 0.29) is 18.6 Å². The van der Waals surface area contributed by atoms with Crippen LogP contribution in [0.1, 0.15) is 28.0 Å². The lowest BCUT2D eigenvalue weighted by Gasteiger charge is -2.28. The average Bonchev–Trinajstić information content (AvgIpc) is 3.45.